The summed E-state index contributed by atoms with van der Waals surface area (Å²) in [6, 6.07) is 12.1. The van der Waals surface area contributed by atoms with E-state index in [4.69, 9.17) is 11.6 Å². The van der Waals surface area contributed by atoms with Crippen LogP contribution in [-0.2, 0) is 27.8 Å². The largest absolute Gasteiger partial charge is 0.309 e. The van der Waals surface area contributed by atoms with Crippen LogP contribution in [0.5, 0.6) is 0 Å². The maximum Gasteiger partial charge on any atom is 0.240 e. The predicted molar refractivity (Wildman–Crippen MR) is 105 cm³/mol. The number of carbonyl (C=O) groups is 1. The molecule has 4 rings (SSSR count). The quantitative estimate of drug-likeness (QED) is 0.829. The molecule has 1 fully saturated rings. The Balaban J connectivity index is 1.53. The molecule has 1 atom stereocenters. The van der Waals surface area contributed by atoms with Crippen molar-refractivity contribution in [2.24, 2.45) is 5.92 Å². The molecule has 2 aliphatic rings. The van der Waals surface area contributed by atoms with Crippen molar-refractivity contribution in [1.82, 2.24) is 4.72 Å². The number of anilines is 1. The van der Waals surface area contributed by atoms with Crippen LogP contribution in [0, 0.1) is 5.92 Å². The van der Waals surface area contributed by atoms with Crippen LogP contribution in [0.1, 0.15) is 30.9 Å². The SMILES string of the molecule is C[C@@H]1Cc2cc(S(=O)(=O)NCc3ccc(Cl)cc3)ccc2N1C(=O)C1CC1. The molecule has 0 aromatic heterocycles. The van der Waals surface area contributed by atoms with Crippen LogP contribution < -0.4 is 9.62 Å². The minimum Gasteiger partial charge on any atom is -0.309 e. The van der Waals surface area contributed by atoms with E-state index in [2.05, 4.69) is 4.72 Å². The first kappa shape index (κ1) is 18.5. The van der Waals surface area contributed by atoms with Crippen LogP contribution in [0.4, 0.5) is 5.69 Å². The molecule has 0 unspecified atom stereocenters. The summed E-state index contributed by atoms with van der Waals surface area (Å²) < 4.78 is 28.0. The first-order chi connectivity index (χ1) is 12.8. The van der Waals surface area contributed by atoms with Gasteiger partial charge < -0.3 is 4.90 Å². The van der Waals surface area contributed by atoms with Crippen molar-refractivity contribution in [2.75, 3.05) is 4.90 Å². The lowest BCUT2D eigenvalue weighted by molar-refractivity contribution is -0.120. The molecule has 142 valence electrons. The van der Waals surface area contributed by atoms with Crippen molar-refractivity contribution in [1.29, 1.82) is 0 Å². The highest BCUT2D eigenvalue weighted by molar-refractivity contribution is 7.89. The lowest BCUT2D eigenvalue weighted by atomic mass is 10.1. The molecular formula is C20H21ClN2O3S. The van der Waals surface area contributed by atoms with Crippen molar-refractivity contribution in [2.45, 2.75) is 43.7 Å². The molecule has 7 heteroatoms. The molecule has 5 nitrogen and oxygen atoms in total. The highest BCUT2D eigenvalue weighted by atomic mass is 35.5. The summed E-state index contributed by atoms with van der Waals surface area (Å²) in [5.41, 5.74) is 2.58. The van der Waals surface area contributed by atoms with Gasteiger partial charge in [-0.2, -0.15) is 0 Å². The number of sulfonamides is 1. The van der Waals surface area contributed by atoms with E-state index in [1.54, 1.807) is 42.5 Å². The zero-order valence-corrected chi connectivity index (χ0v) is 16.6. The molecular weight excluding hydrogens is 384 g/mol. The molecule has 0 radical (unpaired) electrons. The van der Waals surface area contributed by atoms with Crippen molar-refractivity contribution < 1.29 is 13.2 Å². The molecule has 1 N–H and O–H groups in total. The second-order valence-corrected chi connectivity index (χ2v) is 9.48. The minimum absolute atomic E-state index is 0.0630. The third-order valence-electron chi connectivity index (χ3n) is 5.12. The fourth-order valence-corrected chi connectivity index (χ4v) is 4.70. The van der Waals surface area contributed by atoms with E-state index in [9.17, 15) is 13.2 Å². The number of rotatable bonds is 5. The first-order valence-electron chi connectivity index (χ1n) is 9.05. The molecule has 1 aliphatic carbocycles. The Labute approximate surface area is 164 Å². The lowest BCUT2D eigenvalue weighted by Gasteiger charge is -2.22. The third kappa shape index (κ3) is 3.74. The number of hydrogen-bond acceptors (Lipinski definition) is 3. The summed E-state index contributed by atoms with van der Waals surface area (Å²) in [7, 11) is -3.64. The number of nitrogens with one attached hydrogen (secondary N) is 1. The zero-order chi connectivity index (χ0) is 19.2. The van der Waals surface area contributed by atoms with Crippen LogP contribution in [-0.4, -0.2) is 20.4 Å². The van der Waals surface area contributed by atoms with Crippen LogP contribution in [0.3, 0.4) is 0 Å². The molecule has 1 saturated carbocycles. The van der Waals surface area contributed by atoms with Crippen molar-refractivity contribution in [3.63, 3.8) is 0 Å². The topological polar surface area (TPSA) is 66.5 Å². The van der Waals surface area contributed by atoms with Gasteiger partial charge in [0.2, 0.25) is 15.9 Å². The maximum atomic E-state index is 12.7. The smallest absolute Gasteiger partial charge is 0.240 e. The Morgan fingerprint density at radius 1 is 1.19 bits per heavy atom. The number of fused-ring (bicyclic) bond motifs is 1. The Morgan fingerprint density at radius 3 is 2.56 bits per heavy atom. The monoisotopic (exact) mass is 404 g/mol. The fraction of sp³-hybridized carbons (Fsp3) is 0.350. The molecule has 27 heavy (non-hydrogen) atoms. The van der Waals surface area contributed by atoms with Crippen LogP contribution >= 0.6 is 11.6 Å². The summed E-state index contributed by atoms with van der Waals surface area (Å²) in [5.74, 6) is 0.306. The summed E-state index contributed by atoms with van der Waals surface area (Å²) in [5, 5.41) is 0.611. The van der Waals surface area contributed by atoms with Gasteiger partial charge in [0.05, 0.1) is 4.90 Å². The number of amides is 1. The highest BCUT2D eigenvalue weighted by Gasteiger charge is 2.39. The van der Waals surface area contributed by atoms with Crippen molar-refractivity contribution in [3.05, 3.63) is 58.6 Å². The highest BCUT2D eigenvalue weighted by Crippen LogP contribution is 2.39. The first-order valence-corrected chi connectivity index (χ1v) is 10.9. The van der Waals surface area contributed by atoms with E-state index in [1.807, 2.05) is 11.8 Å². The summed E-state index contributed by atoms with van der Waals surface area (Å²) >= 11 is 5.85. The lowest BCUT2D eigenvalue weighted by Crippen LogP contribution is -2.36. The van der Waals surface area contributed by atoms with E-state index < -0.39 is 10.0 Å². The normalized spacial score (nSPS) is 19.2. The summed E-state index contributed by atoms with van der Waals surface area (Å²) in [4.78, 5) is 14.6. The van der Waals surface area contributed by atoms with Gasteiger partial charge in [-0.05, 0) is 67.6 Å². The number of nitrogens with zero attached hydrogens (tertiary/aromatic N) is 1. The predicted octanol–water partition coefficient (Wildman–Crippen LogP) is 3.51. The van der Waals surface area contributed by atoms with Gasteiger partial charge in [-0.15, -0.1) is 0 Å². The number of benzene rings is 2. The number of halogens is 1. The van der Waals surface area contributed by atoms with Crippen LogP contribution in [0.25, 0.3) is 0 Å². The average Bonchev–Trinajstić information content (AvgIpc) is 3.43. The molecule has 0 bridgehead atoms. The molecule has 1 aliphatic heterocycles. The molecule has 0 spiro atoms. The van der Waals surface area contributed by atoms with Crippen LogP contribution in [0.15, 0.2) is 47.4 Å². The second-order valence-electron chi connectivity index (χ2n) is 7.28. The molecule has 1 amide bonds. The standard InChI is InChI=1S/C20H21ClN2O3S/c1-13-10-16-11-18(8-9-19(16)23(13)20(24)15-4-5-15)27(25,26)22-12-14-2-6-17(21)7-3-14/h2-3,6-9,11,13,15,22H,4-5,10,12H2,1H3/t13-/m1/s1. The molecule has 2 aromatic carbocycles. The van der Waals surface area contributed by atoms with E-state index in [0.717, 1.165) is 29.7 Å². The van der Waals surface area contributed by atoms with Gasteiger partial charge in [-0.25, -0.2) is 13.1 Å². The Morgan fingerprint density at radius 2 is 1.89 bits per heavy atom. The summed E-state index contributed by atoms with van der Waals surface area (Å²) in [6.07, 6.45) is 2.59. The Hall–Kier alpha value is -1.89. The van der Waals surface area contributed by atoms with Gasteiger partial charge in [-0.1, -0.05) is 23.7 Å². The molecule has 0 saturated heterocycles. The third-order valence-corrected chi connectivity index (χ3v) is 6.77. The van der Waals surface area contributed by atoms with E-state index in [0.29, 0.717) is 11.4 Å². The van der Waals surface area contributed by atoms with Gasteiger partial charge in [0.25, 0.3) is 0 Å². The second kappa shape index (κ2) is 6.93. The van der Waals surface area contributed by atoms with Gasteiger partial charge in [0.1, 0.15) is 0 Å². The molecule has 2 aromatic rings. The minimum atomic E-state index is -3.64. The number of hydrogen-bond donors (Lipinski definition) is 1. The summed E-state index contributed by atoms with van der Waals surface area (Å²) in [6.45, 7) is 2.20. The van der Waals surface area contributed by atoms with Gasteiger partial charge in [-0.3, -0.25) is 4.79 Å². The average molecular weight is 405 g/mol. The van der Waals surface area contributed by atoms with E-state index in [1.165, 1.54) is 0 Å². The van der Waals surface area contributed by atoms with Gasteiger partial charge in [0.15, 0.2) is 0 Å². The maximum absolute atomic E-state index is 12.7. The zero-order valence-electron chi connectivity index (χ0n) is 15.0. The fourth-order valence-electron chi connectivity index (χ4n) is 3.50. The van der Waals surface area contributed by atoms with E-state index >= 15 is 0 Å². The van der Waals surface area contributed by atoms with Gasteiger partial charge in [0, 0.05) is 29.2 Å². The Kier molecular flexibility index (Phi) is 4.74. The van der Waals surface area contributed by atoms with Crippen LogP contribution in [0.2, 0.25) is 5.02 Å². The van der Waals surface area contributed by atoms with Crippen molar-refractivity contribution >= 4 is 33.2 Å². The van der Waals surface area contributed by atoms with Crippen molar-refractivity contribution in [3.8, 4) is 0 Å². The van der Waals surface area contributed by atoms with Gasteiger partial charge >= 0.3 is 0 Å². The Bertz CT molecular complexity index is 985. The number of carbonyl (C=O) groups excluding carboxylic acids is 1. The van der Waals surface area contributed by atoms with E-state index in [-0.39, 0.29) is 29.3 Å². The molecule has 1 heterocycles.